The fraction of sp³-hybridized carbons (Fsp3) is 0.727. The third-order valence-electron chi connectivity index (χ3n) is 2.96. The summed E-state index contributed by atoms with van der Waals surface area (Å²) >= 11 is 3.88. The number of aromatic nitrogens is 2. The van der Waals surface area contributed by atoms with Crippen LogP contribution in [0.3, 0.4) is 0 Å². The lowest BCUT2D eigenvalue weighted by Crippen LogP contribution is -2.24. The molecule has 1 fully saturated rings. The maximum atomic E-state index is 11.1. The first kappa shape index (κ1) is 14.5. The zero-order valence-corrected chi connectivity index (χ0v) is 12.7. The SMILES string of the molecule is CCn1nc(C)c([N+](=O)[O-])c1NCC1CSCCS1. The average molecular weight is 302 g/mol. The van der Waals surface area contributed by atoms with Crippen molar-refractivity contribution in [3.63, 3.8) is 0 Å². The fourth-order valence-corrected chi connectivity index (χ4v) is 4.67. The third kappa shape index (κ3) is 3.36. The molecule has 0 spiro atoms. The molecule has 8 heteroatoms. The molecule has 19 heavy (non-hydrogen) atoms. The minimum absolute atomic E-state index is 0.107. The molecule has 6 nitrogen and oxygen atoms in total. The van der Waals surface area contributed by atoms with Gasteiger partial charge in [0.25, 0.3) is 0 Å². The van der Waals surface area contributed by atoms with Gasteiger partial charge in [-0.1, -0.05) is 0 Å². The first-order valence-corrected chi connectivity index (χ1v) is 8.48. The lowest BCUT2D eigenvalue weighted by molar-refractivity contribution is -0.384. The third-order valence-corrected chi connectivity index (χ3v) is 5.80. The summed E-state index contributed by atoms with van der Waals surface area (Å²) in [6.07, 6.45) is 0. The van der Waals surface area contributed by atoms with Gasteiger partial charge < -0.3 is 5.32 Å². The predicted octanol–water partition coefficient (Wildman–Crippen LogP) is 2.38. The van der Waals surface area contributed by atoms with Crippen LogP contribution in [0.5, 0.6) is 0 Å². The maximum absolute atomic E-state index is 11.1. The molecule has 0 amide bonds. The smallest absolute Gasteiger partial charge is 0.333 e. The van der Waals surface area contributed by atoms with Crippen molar-refractivity contribution >= 4 is 35.0 Å². The van der Waals surface area contributed by atoms with Gasteiger partial charge in [-0.3, -0.25) is 10.1 Å². The van der Waals surface area contributed by atoms with E-state index in [9.17, 15) is 10.1 Å². The first-order valence-electron chi connectivity index (χ1n) is 6.28. The number of nitrogens with zero attached hydrogens (tertiary/aromatic N) is 3. The second-order valence-corrected chi connectivity index (χ2v) is 6.86. The molecule has 2 rings (SSSR count). The Bertz CT molecular complexity index is 458. The number of anilines is 1. The highest BCUT2D eigenvalue weighted by molar-refractivity contribution is 8.06. The Hall–Kier alpha value is -0.890. The van der Waals surface area contributed by atoms with Gasteiger partial charge in [0.1, 0.15) is 5.69 Å². The van der Waals surface area contributed by atoms with Gasteiger partial charge in [0, 0.05) is 35.6 Å². The molecule has 0 radical (unpaired) electrons. The van der Waals surface area contributed by atoms with Gasteiger partial charge in [-0.25, -0.2) is 4.68 Å². The molecule has 1 unspecified atom stereocenters. The fourth-order valence-electron chi connectivity index (χ4n) is 2.06. The van der Waals surface area contributed by atoms with Crippen molar-refractivity contribution in [2.24, 2.45) is 0 Å². The topological polar surface area (TPSA) is 73.0 Å². The number of rotatable bonds is 5. The van der Waals surface area contributed by atoms with Gasteiger partial charge in [-0.2, -0.15) is 28.6 Å². The van der Waals surface area contributed by atoms with Gasteiger partial charge in [0.2, 0.25) is 5.82 Å². The summed E-state index contributed by atoms with van der Waals surface area (Å²) in [5, 5.41) is 19.1. The molecule has 1 atom stereocenters. The van der Waals surface area contributed by atoms with Crippen molar-refractivity contribution in [3.05, 3.63) is 15.8 Å². The molecule has 1 aromatic heterocycles. The molecule has 1 aliphatic rings. The second kappa shape index (κ2) is 6.51. The minimum Gasteiger partial charge on any atom is -0.363 e. The van der Waals surface area contributed by atoms with E-state index < -0.39 is 0 Å². The van der Waals surface area contributed by atoms with Crippen molar-refractivity contribution < 1.29 is 4.92 Å². The van der Waals surface area contributed by atoms with E-state index in [1.807, 2.05) is 30.4 Å². The van der Waals surface area contributed by atoms with Crippen LogP contribution >= 0.6 is 23.5 Å². The Morgan fingerprint density at radius 3 is 2.95 bits per heavy atom. The summed E-state index contributed by atoms with van der Waals surface area (Å²) < 4.78 is 1.67. The van der Waals surface area contributed by atoms with Crippen LogP contribution in [0.1, 0.15) is 12.6 Å². The zero-order valence-electron chi connectivity index (χ0n) is 11.1. The number of hydrogen-bond acceptors (Lipinski definition) is 6. The van der Waals surface area contributed by atoms with E-state index in [0.717, 1.165) is 18.1 Å². The summed E-state index contributed by atoms with van der Waals surface area (Å²) in [5.41, 5.74) is 0.579. The number of nitrogens with one attached hydrogen (secondary N) is 1. The van der Waals surface area contributed by atoms with Crippen molar-refractivity contribution in [3.8, 4) is 0 Å². The molecule has 0 aliphatic carbocycles. The zero-order chi connectivity index (χ0) is 13.8. The van der Waals surface area contributed by atoms with Crippen molar-refractivity contribution in [2.75, 3.05) is 29.1 Å². The van der Waals surface area contributed by atoms with Crippen molar-refractivity contribution in [1.29, 1.82) is 0 Å². The van der Waals surface area contributed by atoms with Crippen LogP contribution < -0.4 is 5.32 Å². The molecule has 0 aromatic carbocycles. The van der Waals surface area contributed by atoms with E-state index >= 15 is 0 Å². The first-order chi connectivity index (χ1) is 9.13. The Morgan fingerprint density at radius 2 is 2.37 bits per heavy atom. The molecule has 1 aromatic rings. The van der Waals surface area contributed by atoms with Crippen LogP contribution in [-0.2, 0) is 6.54 Å². The Kier molecular flexibility index (Phi) is 4.98. The van der Waals surface area contributed by atoms with E-state index in [-0.39, 0.29) is 10.6 Å². The molecule has 1 aliphatic heterocycles. The van der Waals surface area contributed by atoms with Crippen molar-refractivity contribution in [2.45, 2.75) is 25.6 Å². The second-order valence-electron chi connectivity index (χ2n) is 4.30. The summed E-state index contributed by atoms with van der Waals surface area (Å²) in [6, 6.07) is 0. The van der Waals surface area contributed by atoms with Crippen LogP contribution in [0, 0.1) is 17.0 Å². The van der Waals surface area contributed by atoms with Gasteiger partial charge in [0.05, 0.1) is 4.92 Å². The van der Waals surface area contributed by atoms with Gasteiger partial charge in [-0.05, 0) is 13.8 Å². The molecule has 0 saturated carbocycles. The average Bonchev–Trinajstić information content (AvgIpc) is 2.73. The van der Waals surface area contributed by atoms with Gasteiger partial charge in [-0.15, -0.1) is 0 Å². The molecule has 1 N–H and O–H groups in total. The lowest BCUT2D eigenvalue weighted by atomic mass is 10.3. The van der Waals surface area contributed by atoms with E-state index in [1.54, 1.807) is 11.6 Å². The molecule has 2 heterocycles. The number of thioether (sulfide) groups is 2. The number of aryl methyl sites for hydroxylation is 2. The number of hydrogen-bond donors (Lipinski definition) is 1. The quantitative estimate of drug-likeness (QED) is 0.665. The monoisotopic (exact) mass is 302 g/mol. The Morgan fingerprint density at radius 1 is 1.58 bits per heavy atom. The van der Waals surface area contributed by atoms with Crippen LogP contribution in [0.4, 0.5) is 11.5 Å². The molecular weight excluding hydrogens is 284 g/mol. The minimum atomic E-state index is -0.348. The van der Waals surface area contributed by atoms with E-state index in [1.165, 1.54) is 5.75 Å². The van der Waals surface area contributed by atoms with Crippen LogP contribution in [-0.4, -0.2) is 43.8 Å². The highest BCUT2D eigenvalue weighted by atomic mass is 32.2. The molecule has 106 valence electrons. The standard InChI is InChI=1S/C11H18N4O2S2/c1-3-14-11(10(15(16)17)8(2)13-14)12-6-9-7-18-4-5-19-9/h9,12H,3-7H2,1-2H3. The van der Waals surface area contributed by atoms with Crippen LogP contribution in [0.25, 0.3) is 0 Å². The summed E-state index contributed by atoms with van der Waals surface area (Å²) in [5.74, 6) is 4.00. The van der Waals surface area contributed by atoms with Gasteiger partial charge >= 0.3 is 5.69 Å². The van der Waals surface area contributed by atoms with E-state index in [2.05, 4.69) is 10.4 Å². The van der Waals surface area contributed by atoms with Crippen LogP contribution in [0.2, 0.25) is 0 Å². The highest BCUT2D eigenvalue weighted by Crippen LogP contribution is 2.30. The van der Waals surface area contributed by atoms with Crippen LogP contribution in [0.15, 0.2) is 0 Å². The maximum Gasteiger partial charge on any atom is 0.333 e. The summed E-state index contributed by atoms with van der Waals surface area (Å²) in [7, 11) is 0. The highest BCUT2D eigenvalue weighted by Gasteiger charge is 2.25. The predicted molar refractivity (Wildman–Crippen MR) is 81.4 cm³/mol. The molecule has 0 bridgehead atoms. The summed E-state index contributed by atoms with van der Waals surface area (Å²) in [4.78, 5) is 10.8. The Labute approximate surface area is 120 Å². The van der Waals surface area contributed by atoms with Crippen molar-refractivity contribution in [1.82, 2.24) is 9.78 Å². The lowest BCUT2D eigenvalue weighted by Gasteiger charge is -2.21. The Balaban J connectivity index is 2.11. The normalized spacial score (nSPS) is 19.4. The van der Waals surface area contributed by atoms with E-state index in [0.29, 0.717) is 23.3 Å². The summed E-state index contributed by atoms with van der Waals surface area (Å²) in [6.45, 7) is 5.00. The largest absolute Gasteiger partial charge is 0.363 e. The molecular formula is C11H18N4O2S2. The molecule has 1 saturated heterocycles. The number of nitro groups is 1. The van der Waals surface area contributed by atoms with Gasteiger partial charge in [0.15, 0.2) is 0 Å². The van der Waals surface area contributed by atoms with E-state index in [4.69, 9.17) is 0 Å².